The summed E-state index contributed by atoms with van der Waals surface area (Å²) in [6.45, 7) is 3.86. The zero-order valence-corrected chi connectivity index (χ0v) is 11.2. The van der Waals surface area contributed by atoms with Gasteiger partial charge in [0.15, 0.2) is 0 Å². The SMILES string of the molecule is COC(=O)c1cccnc1NC(CC(C)C)C(=O)O. The van der Waals surface area contributed by atoms with Gasteiger partial charge in [-0.25, -0.2) is 14.6 Å². The fourth-order valence-electron chi connectivity index (χ4n) is 1.65. The van der Waals surface area contributed by atoms with Crippen molar-refractivity contribution < 1.29 is 19.4 Å². The first kappa shape index (κ1) is 14.9. The summed E-state index contributed by atoms with van der Waals surface area (Å²) in [5.74, 6) is -1.10. The zero-order valence-electron chi connectivity index (χ0n) is 11.2. The number of carbonyl (C=O) groups excluding carboxylic acids is 1. The van der Waals surface area contributed by atoms with Crippen LogP contribution in [0.1, 0.15) is 30.6 Å². The van der Waals surface area contributed by atoms with E-state index in [2.05, 4.69) is 15.0 Å². The molecule has 1 rings (SSSR count). The molecule has 0 amide bonds. The molecule has 2 N–H and O–H groups in total. The van der Waals surface area contributed by atoms with Crippen LogP contribution in [0.4, 0.5) is 5.82 Å². The molecule has 1 heterocycles. The predicted molar refractivity (Wildman–Crippen MR) is 70.1 cm³/mol. The predicted octanol–water partition coefficient (Wildman–Crippen LogP) is 1.78. The molecule has 0 aromatic carbocycles. The zero-order chi connectivity index (χ0) is 14.4. The van der Waals surface area contributed by atoms with Crippen LogP contribution < -0.4 is 5.32 Å². The third-order valence-electron chi connectivity index (χ3n) is 2.53. The Morgan fingerprint density at radius 1 is 1.47 bits per heavy atom. The number of hydrogen-bond donors (Lipinski definition) is 2. The summed E-state index contributed by atoms with van der Waals surface area (Å²) in [6.07, 6.45) is 1.93. The Kier molecular flexibility index (Phi) is 5.29. The number of methoxy groups -OCH3 is 1. The van der Waals surface area contributed by atoms with Crippen LogP contribution in [0.2, 0.25) is 0 Å². The maximum Gasteiger partial charge on any atom is 0.341 e. The highest BCUT2D eigenvalue weighted by Gasteiger charge is 2.22. The minimum absolute atomic E-state index is 0.207. The smallest absolute Gasteiger partial charge is 0.341 e. The topological polar surface area (TPSA) is 88.5 Å². The molecule has 1 aromatic rings. The molecule has 0 spiro atoms. The second-order valence-corrected chi connectivity index (χ2v) is 4.56. The maximum absolute atomic E-state index is 11.6. The van der Waals surface area contributed by atoms with Crippen LogP contribution in [-0.2, 0) is 9.53 Å². The summed E-state index contributed by atoms with van der Waals surface area (Å²) in [7, 11) is 1.27. The van der Waals surface area contributed by atoms with Crippen molar-refractivity contribution in [3.05, 3.63) is 23.9 Å². The van der Waals surface area contributed by atoms with E-state index >= 15 is 0 Å². The van der Waals surface area contributed by atoms with E-state index in [1.54, 1.807) is 6.07 Å². The highest BCUT2D eigenvalue weighted by Crippen LogP contribution is 2.16. The number of nitrogens with one attached hydrogen (secondary N) is 1. The molecule has 19 heavy (non-hydrogen) atoms. The lowest BCUT2D eigenvalue weighted by Crippen LogP contribution is -2.31. The Morgan fingerprint density at radius 2 is 2.16 bits per heavy atom. The standard InChI is InChI=1S/C13H18N2O4/c1-8(2)7-10(12(16)17)15-11-9(13(18)19-3)5-4-6-14-11/h4-6,8,10H,7H2,1-3H3,(H,14,15)(H,16,17). The first-order chi connectivity index (χ1) is 8.95. The summed E-state index contributed by atoms with van der Waals surface area (Å²) in [6, 6.07) is 2.34. The number of ether oxygens (including phenoxy) is 1. The van der Waals surface area contributed by atoms with Gasteiger partial charge < -0.3 is 15.2 Å². The summed E-state index contributed by atoms with van der Waals surface area (Å²) in [5.41, 5.74) is 0.222. The number of esters is 1. The van der Waals surface area contributed by atoms with Gasteiger partial charge in [0.05, 0.1) is 7.11 Å². The Hall–Kier alpha value is -2.11. The Labute approximate surface area is 111 Å². The van der Waals surface area contributed by atoms with Crippen molar-refractivity contribution in [3.63, 3.8) is 0 Å². The largest absolute Gasteiger partial charge is 0.480 e. The quantitative estimate of drug-likeness (QED) is 0.763. The third kappa shape index (κ3) is 4.24. The molecule has 1 aromatic heterocycles. The van der Waals surface area contributed by atoms with Gasteiger partial charge in [0.2, 0.25) is 0 Å². The normalized spacial score (nSPS) is 12.0. The molecule has 1 unspecified atom stereocenters. The number of aliphatic carboxylic acids is 1. The van der Waals surface area contributed by atoms with E-state index in [4.69, 9.17) is 5.11 Å². The van der Waals surface area contributed by atoms with Gasteiger partial charge >= 0.3 is 11.9 Å². The molecule has 0 aliphatic carbocycles. The van der Waals surface area contributed by atoms with Gasteiger partial charge in [0, 0.05) is 6.20 Å². The van der Waals surface area contributed by atoms with Crippen LogP contribution in [0, 0.1) is 5.92 Å². The summed E-state index contributed by atoms with van der Waals surface area (Å²) >= 11 is 0. The molecule has 6 heteroatoms. The number of carboxylic acid groups (broad SMARTS) is 1. The first-order valence-electron chi connectivity index (χ1n) is 5.98. The minimum atomic E-state index is -0.977. The van der Waals surface area contributed by atoms with Crippen LogP contribution in [0.3, 0.4) is 0 Å². The monoisotopic (exact) mass is 266 g/mol. The lowest BCUT2D eigenvalue weighted by atomic mass is 10.0. The molecule has 0 aliphatic rings. The molecular weight excluding hydrogens is 248 g/mol. The van der Waals surface area contributed by atoms with E-state index in [0.717, 1.165) is 0 Å². The van der Waals surface area contributed by atoms with Gasteiger partial charge in [0.1, 0.15) is 17.4 Å². The molecule has 0 saturated heterocycles. The molecule has 0 radical (unpaired) electrons. The maximum atomic E-state index is 11.6. The van der Waals surface area contributed by atoms with Gasteiger partial charge in [-0.15, -0.1) is 0 Å². The van der Waals surface area contributed by atoms with Crippen molar-refractivity contribution in [3.8, 4) is 0 Å². The lowest BCUT2D eigenvalue weighted by Gasteiger charge is -2.18. The third-order valence-corrected chi connectivity index (χ3v) is 2.53. The molecule has 0 aliphatic heterocycles. The first-order valence-corrected chi connectivity index (χ1v) is 5.98. The second-order valence-electron chi connectivity index (χ2n) is 4.56. The van der Waals surface area contributed by atoms with E-state index in [9.17, 15) is 9.59 Å². The highest BCUT2D eigenvalue weighted by molar-refractivity contribution is 5.95. The van der Waals surface area contributed by atoms with Crippen molar-refractivity contribution in [1.82, 2.24) is 4.98 Å². The lowest BCUT2D eigenvalue weighted by molar-refractivity contribution is -0.138. The van der Waals surface area contributed by atoms with Gasteiger partial charge in [-0.3, -0.25) is 0 Å². The number of carboxylic acids is 1. The van der Waals surface area contributed by atoms with Crippen LogP contribution in [0.5, 0.6) is 0 Å². The van der Waals surface area contributed by atoms with Gasteiger partial charge in [-0.05, 0) is 24.5 Å². The fraction of sp³-hybridized carbons (Fsp3) is 0.462. The van der Waals surface area contributed by atoms with Crippen LogP contribution >= 0.6 is 0 Å². The Bertz CT molecular complexity index is 460. The van der Waals surface area contributed by atoms with E-state index in [-0.39, 0.29) is 17.3 Å². The van der Waals surface area contributed by atoms with Crippen LogP contribution in [0.25, 0.3) is 0 Å². The molecule has 6 nitrogen and oxygen atoms in total. The summed E-state index contributed by atoms with van der Waals surface area (Å²) in [5, 5.41) is 11.9. The van der Waals surface area contributed by atoms with Gasteiger partial charge in [0.25, 0.3) is 0 Å². The number of carbonyl (C=O) groups is 2. The molecule has 104 valence electrons. The minimum Gasteiger partial charge on any atom is -0.480 e. The van der Waals surface area contributed by atoms with E-state index < -0.39 is 18.0 Å². The van der Waals surface area contributed by atoms with E-state index in [1.807, 2.05) is 13.8 Å². The molecular formula is C13H18N2O4. The number of hydrogen-bond acceptors (Lipinski definition) is 5. The van der Waals surface area contributed by atoms with Crippen LogP contribution in [0.15, 0.2) is 18.3 Å². The van der Waals surface area contributed by atoms with Gasteiger partial charge in [-0.1, -0.05) is 13.8 Å². The van der Waals surface area contributed by atoms with Crippen molar-refractivity contribution in [2.75, 3.05) is 12.4 Å². The van der Waals surface area contributed by atoms with Crippen molar-refractivity contribution in [2.24, 2.45) is 5.92 Å². The molecule has 1 atom stereocenters. The number of aromatic nitrogens is 1. The summed E-state index contributed by atoms with van der Waals surface area (Å²) in [4.78, 5) is 26.7. The van der Waals surface area contributed by atoms with Crippen molar-refractivity contribution in [2.45, 2.75) is 26.3 Å². The Balaban J connectivity index is 2.96. The number of anilines is 1. The van der Waals surface area contributed by atoms with Gasteiger partial charge in [-0.2, -0.15) is 0 Å². The van der Waals surface area contributed by atoms with E-state index in [1.165, 1.54) is 19.4 Å². The highest BCUT2D eigenvalue weighted by atomic mass is 16.5. The van der Waals surface area contributed by atoms with Crippen LogP contribution in [-0.4, -0.2) is 35.2 Å². The molecule has 0 fully saturated rings. The molecule has 0 bridgehead atoms. The molecule has 0 saturated carbocycles. The van der Waals surface area contributed by atoms with Crippen molar-refractivity contribution in [1.29, 1.82) is 0 Å². The second kappa shape index (κ2) is 6.72. The number of pyridine rings is 1. The Morgan fingerprint density at radius 3 is 2.68 bits per heavy atom. The van der Waals surface area contributed by atoms with Crippen molar-refractivity contribution >= 4 is 17.8 Å². The summed E-state index contributed by atoms with van der Waals surface area (Å²) < 4.78 is 4.63. The number of rotatable bonds is 6. The number of nitrogens with zero attached hydrogens (tertiary/aromatic N) is 1. The average molecular weight is 266 g/mol. The average Bonchev–Trinajstić information content (AvgIpc) is 2.37. The van der Waals surface area contributed by atoms with E-state index in [0.29, 0.717) is 6.42 Å². The fourth-order valence-corrected chi connectivity index (χ4v) is 1.65.